The fourth-order valence-electron chi connectivity index (χ4n) is 3.92. The van der Waals surface area contributed by atoms with E-state index in [9.17, 15) is 9.90 Å². The molecule has 116 valence electrons. The molecule has 1 aliphatic carbocycles. The molecule has 1 aromatic carbocycles. The predicted octanol–water partition coefficient (Wildman–Crippen LogP) is 4.99. The molecule has 21 heavy (non-hydrogen) atoms. The van der Waals surface area contributed by atoms with E-state index in [0.29, 0.717) is 5.92 Å². The topological polar surface area (TPSA) is 37.3 Å². The van der Waals surface area contributed by atoms with Gasteiger partial charge in [-0.15, -0.1) is 0 Å². The number of carbonyl (C=O) groups is 1. The zero-order valence-electron chi connectivity index (χ0n) is 13.4. The summed E-state index contributed by atoms with van der Waals surface area (Å²) >= 11 is 0. The van der Waals surface area contributed by atoms with Crippen LogP contribution in [0.25, 0.3) is 0 Å². The molecule has 1 aromatic rings. The quantitative estimate of drug-likeness (QED) is 0.800. The first-order chi connectivity index (χ1) is 10.1. The number of aliphatic carboxylic acids is 1. The van der Waals surface area contributed by atoms with Gasteiger partial charge in [-0.05, 0) is 50.5 Å². The summed E-state index contributed by atoms with van der Waals surface area (Å²) in [6.07, 6.45) is 8.03. The van der Waals surface area contributed by atoms with E-state index >= 15 is 0 Å². The van der Waals surface area contributed by atoms with Gasteiger partial charge in [0.05, 0.1) is 5.41 Å². The van der Waals surface area contributed by atoms with Crippen LogP contribution in [0.1, 0.15) is 63.0 Å². The van der Waals surface area contributed by atoms with Gasteiger partial charge in [0.15, 0.2) is 0 Å². The van der Waals surface area contributed by atoms with Crippen LogP contribution in [0.15, 0.2) is 24.3 Å². The van der Waals surface area contributed by atoms with E-state index in [-0.39, 0.29) is 0 Å². The highest BCUT2D eigenvalue weighted by Gasteiger charge is 2.45. The number of carboxylic acids is 1. The molecule has 0 spiro atoms. The molecule has 2 heteroatoms. The second kappa shape index (κ2) is 7.11. The Morgan fingerprint density at radius 3 is 2.62 bits per heavy atom. The molecule has 0 aliphatic heterocycles. The van der Waals surface area contributed by atoms with Crippen LogP contribution in [-0.4, -0.2) is 11.1 Å². The van der Waals surface area contributed by atoms with Crippen LogP contribution in [0.3, 0.4) is 0 Å². The summed E-state index contributed by atoms with van der Waals surface area (Å²) in [5.74, 6) is -0.202. The molecule has 2 atom stereocenters. The Balaban J connectivity index is 2.13. The van der Waals surface area contributed by atoms with Crippen LogP contribution in [0.5, 0.6) is 0 Å². The van der Waals surface area contributed by atoms with E-state index in [1.165, 1.54) is 17.5 Å². The molecule has 1 N–H and O–H groups in total. The first kappa shape index (κ1) is 16.1. The minimum Gasteiger partial charge on any atom is -0.481 e. The van der Waals surface area contributed by atoms with E-state index in [0.717, 1.165) is 44.9 Å². The summed E-state index contributed by atoms with van der Waals surface area (Å²) in [6, 6.07) is 8.52. The number of carboxylic acid groups (broad SMARTS) is 1. The Hall–Kier alpha value is -1.31. The van der Waals surface area contributed by atoms with Crippen LogP contribution in [0, 0.1) is 18.3 Å². The van der Waals surface area contributed by atoms with Gasteiger partial charge in [-0.1, -0.05) is 56.0 Å². The molecule has 0 heterocycles. The van der Waals surface area contributed by atoms with Crippen molar-refractivity contribution in [2.75, 3.05) is 0 Å². The average molecular weight is 288 g/mol. The number of rotatable bonds is 6. The van der Waals surface area contributed by atoms with Crippen molar-refractivity contribution < 1.29 is 9.90 Å². The zero-order chi connectivity index (χ0) is 15.3. The fourth-order valence-corrected chi connectivity index (χ4v) is 3.92. The van der Waals surface area contributed by atoms with E-state index in [1.807, 2.05) is 0 Å². The van der Waals surface area contributed by atoms with Crippen molar-refractivity contribution in [3.8, 4) is 0 Å². The van der Waals surface area contributed by atoms with Crippen LogP contribution < -0.4 is 0 Å². The molecule has 0 amide bonds. The second-order valence-corrected chi connectivity index (χ2v) is 6.68. The van der Waals surface area contributed by atoms with Crippen molar-refractivity contribution in [2.45, 2.75) is 65.2 Å². The number of hydrogen-bond donors (Lipinski definition) is 1. The van der Waals surface area contributed by atoms with Crippen molar-refractivity contribution in [1.29, 1.82) is 0 Å². The van der Waals surface area contributed by atoms with Crippen molar-refractivity contribution in [3.63, 3.8) is 0 Å². The van der Waals surface area contributed by atoms with Crippen molar-refractivity contribution in [1.82, 2.24) is 0 Å². The number of hydrogen-bond acceptors (Lipinski definition) is 1. The molecule has 0 aromatic heterocycles. The molecule has 1 fully saturated rings. The molecular weight excluding hydrogens is 260 g/mol. The van der Waals surface area contributed by atoms with Crippen molar-refractivity contribution >= 4 is 5.97 Å². The highest BCUT2D eigenvalue weighted by molar-refractivity contribution is 5.75. The lowest BCUT2D eigenvalue weighted by atomic mass is 9.62. The molecule has 2 nitrogen and oxygen atoms in total. The first-order valence-corrected chi connectivity index (χ1v) is 8.37. The van der Waals surface area contributed by atoms with Gasteiger partial charge in [0, 0.05) is 0 Å². The highest BCUT2D eigenvalue weighted by atomic mass is 16.4. The SMILES string of the molecule is CCCC1CCCCC1(CCc1ccc(C)cc1)C(=O)O. The molecule has 0 bridgehead atoms. The average Bonchev–Trinajstić information content (AvgIpc) is 2.48. The van der Waals surface area contributed by atoms with E-state index in [1.54, 1.807) is 0 Å². The Morgan fingerprint density at radius 1 is 1.29 bits per heavy atom. The Kier molecular flexibility index (Phi) is 5.44. The maximum Gasteiger partial charge on any atom is 0.309 e. The lowest BCUT2D eigenvalue weighted by Crippen LogP contribution is -2.41. The van der Waals surface area contributed by atoms with E-state index in [2.05, 4.69) is 38.1 Å². The van der Waals surface area contributed by atoms with Crippen LogP contribution in [-0.2, 0) is 11.2 Å². The van der Waals surface area contributed by atoms with Gasteiger partial charge >= 0.3 is 5.97 Å². The lowest BCUT2D eigenvalue weighted by Gasteiger charge is -2.41. The van der Waals surface area contributed by atoms with Gasteiger partial charge < -0.3 is 5.11 Å². The van der Waals surface area contributed by atoms with E-state index < -0.39 is 11.4 Å². The number of benzene rings is 1. The standard InChI is InChI=1S/C19H28O2/c1-3-6-17-7-4-5-13-19(17,18(20)21)14-12-16-10-8-15(2)9-11-16/h8-11,17H,3-7,12-14H2,1-2H3,(H,20,21). The summed E-state index contributed by atoms with van der Waals surface area (Å²) in [5.41, 5.74) is 2.04. The molecule has 0 radical (unpaired) electrons. The smallest absolute Gasteiger partial charge is 0.309 e. The lowest BCUT2D eigenvalue weighted by molar-refractivity contribution is -0.156. The summed E-state index contributed by atoms with van der Waals surface area (Å²) < 4.78 is 0. The zero-order valence-corrected chi connectivity index (χ0v) is 13.4. The predicted molar refractivity (Wildman–Crippen MR) is 86.4 cm³/mol. The monoisotopic (exact) mass is 288 g/mol. The molecule has 2 unspecified atom stereocenters. The summed E-state index contributed by atoms with van der Waals surface area (Å²) in [5, 5.41) is 9.91. The minimum absolute atomic E-state index is 0.360. The van der Waals surface area contributed by atoms with Gasteiger partial charge in [0.25, 0.3) is 0 Å². The fraction of sp³-hybridized carbons (Fsp3) is 0.632. The third-order valence-electron chi connectivity index (χ3n) is 5.25. The summed E-state index contributed by atoms with van der Waals surface area (Å²) in [7, 11) is 0. The van der Waals surface area contributed by atoms with Gasteiger partial charge in [-0.3, -0.25) is 4.79 Å². The van der Waals surface area contributed by atoms with Crippen LogP contribution in [0.4, 0.5) is 0 Å². The third kappa shape index (κ3) is 3.66. The number of aryl methyl sites for hydroxylation is 2. The van der Waals surface area contributed by atoms with Gasteiger partial charge in [0.2, 0.25) is 0 Å². The first-order valence-electron chi connectivity index (χ1n) is 8.37. The Bertz CT molecular complexity index is 461. The maximum atomic E-state index is 12.0. The second-order valence-electron chi connectivity index (χ2n) is 6.68. The summed E-state index contributed by atoms with van der Waals surface area (Å²) in [4.78, 5) is 12.0. The molecule has 1 aliphatic rings. The van der Waals surface area contributed by atoms with Gasteiger partial charge in [-0.2, -0.15) is 0 Å². The minimum atomic E-state index is -0.562. The summed E-state index contributed by atoms with van der Waals surface area (Å²) in [6.45, 7) is 4.25. The molecule has 2 rings (SSSR count). The molecular formula is C19H28O2. The van der Waals surface area contributed by atoms with Crippen LogP contribution >= 0.6 is 0 Å². The normalized spacial score (nSPS) is 25.7. The largest absolute Gasteiger partial charge is 0.481 e. The Morgan fingerprint density at radius 2 is 2.00 bits per heavy atom. The maximum absolute atomic E-state index is 12.0. The molecule has 0 saturated heterocycles. The van der Waals surface area contributed by atoms with Crippen molar-refractivity contribution in [3.05, 3.63) is 35.4 Å². The van der Waals surface area contributed by atoms with Gasteiger partial charge in [-0.25, -0.2) is 0 Å². The third-order valence-corrected chi connectivity index (χ3v) is 5.25. The Labute approximate surface area is 128 Å². The van der Waals surface area contributed by atoms with Crippen molar-refractivity contribution in [2.24, 2.45) is 11.3 Å². The highest BCUT2D eigenvalue weighted by Crippen LogP contribution is 2.47. The van der Waals surface area contributed by atoms with Crippen LogP contribution in [0.2, 0.25) is 0 Å². The van der Waals surface area contributed by atoms with E-state index in [4.69, 9.17) is 0 Å². The molecule has 1 saturated carbocycles. The van der Waals surface area contributed by atoms with Gasteiger partial charge in [0.1, 0.15) is 0 Å².